The molecule has 24 heavy (non-hydrogen) atoms. The number of anilines is 2. The van der Waals surface area contributed by atoms with E-state index in [9.17, 15) is 4.79 Å². The summed E-state index contributed by atoms with van der Waals surface area (Å²) in [5, 5.41) is 11.1. The number of nitrogens with zero attached hydrogens (tertiary/aromatic N) is 3. The second-order valence-electron chi connectivity index (χ2n) is 6.12. The molecule has 0 fully saturated rings. The molecule has 1 aromatic carbocycles. The fourth-order valence-electron chi connectivity index (χ4n) is 2.53. The summed E-state index contributed by atoms with van der Waals surface area (Å²) in [5.41, 5.74) is 4.19. The molecule has 0 saturated carbocycles. The van der Waals surface area contributed by atoms with Gasteiger partial charge in [0.2, 0.25) is 0 Å². The normalized spacial score (nSPS) is 10.8. The van der Waals surface area contributed by atoms with Gasteiger partial charge in [0.1, 0.15) is 0 Å². The topological polar surface area (TPSA) is 58.1 Å². The van der Waals surface area contributed by atoms with Gasteiger partial charge in [0, 0.05) is 24.5 Å². The van der Waals surface area contributed by atoms with Crippen LogP contribution >= 0.6 is 0 Å². The monoisotopic (exact) mass is 326 g/mol. The quantitative estimate of drug-likeness (QED) is 0.871. The molecule has 5 nitrogen and oxygen atoms in total. The molecule has 0 bridgehead atoms. The first kappa shape index (κ1) is 17.9. The molecule has 2 aromatic rings. The van der Waals surface area contributed by atoms with Gasteiger partial charge in [0.05, 0.1) is 5.69 Å². The zero-order valence-corrected chi connectivity index (χ0v) is 15.1. The Balaban J connectivity index is 2.14. The predicted molar refractivity (Wildman–Crippen MR) is 98.8 cm³/mol. The molecule has 0 radical (unpaired) electrons. The fourth-order valence-corrected chi connectivity index (χ4v) is 2.53. The molecule has 0 aliphatic rings. The van der Waals surface area contributed by atoms with Crippen LogP contribution in [0.4, 0.5) is 11.4 Å². The molecule has 0 atom stereocenters. The van der Waals surface area contributed by atoms with Crippen LogP contribution in [0.5, 0.6) is 0 Å². The van der Waals surface area contributed by atoms with E-state index in [1.54, 1.807) is 6.07 Å². The van der Waals surface area contributed by atoms with Crippen molar-refractivity contribution in [2.45, 2.75) is 40.5 Å². The molecule has 0 spiro atoms. The number of rotatable bonds is 6. The van der Waals surface area contributed by atoms with Gasteiger partial charge in [-0.2, -0.15) is 5.10 Å². The number of aromatic nitrogens is 2. The van der Waals surface area contributed by atoms with Crippen molar-refractivity contribution in [1.82, 2.24) is 10.2 Å². The van der Waals surface area contributed by atoms with Crippen LogP contribution in [0.2, 0.25) is 0 Å². The number of benzene rings is 1. The number of carbonyl (C=O) groups is 1. The Labute approximate surface area is 144 Å². The van der Waals surface area contributed by atoms with Crippen molar-refractivity contribution in [3.05, 3.63) is 47.3 Å². The van der Waals surface area contributed by atoms with Crippen LogP contribution in [-0.2, 0) is 0 Å². The Morgan fingerprint density at radius 1 is 1.12 bits per heavy atom. The summed E-state index contributed by atoms with van der Waals surface area (Å²) in [4.78, 5) is 14.6. The van der Waals surface area contributed by atoms with Gasteiger partial charge < -0.3 is 10.2 Å². The van der Waals surface area contributed by atoms with Crippen molar-refractivity contribution in [3.8, 4) is 0 Å². The van der Waals surface area contributed by atoms with Crippen LogP contribution in [0.15, 0.2) is 30.3 Å². The zero-order chi connectivity index (χ0) is 17.7. The van der Waals surface area contributed by atoms with Crippen molar-refractivity contribution in [2.24, 2.45) is 0 Å². The van der Waals surface area contributed by atoms with Crippen LogP contribution in [0, 0.1) is 6.92 Å². The number of nitrogens with one attached hydrogen (secondary N) is 1. The standard InChI is InChI=1S/C19H26N4O/c1-6-23(7-2)15-8-9-17(14(5)12-15)20-19(24)18-11-10-16(13(3)4)21-22-18/h8-13H,6-7H2,1-5H3,(H,20,24). The number of aryl methyl sites for hydroxylation is 1. The second kappa shape index (κ2) is 7.90. The molecule has 1 N–H and O–H groups in total. The lowest BCUT2D eigenvalue weighted by atomic mass is 10.1. The molecule has 1 amide bonds. The highest BCUT2D eigenvalue weighted by atomic mass is 16.1. The van der Waals surface area contributed by atoms with Crippen LogP contribution in [0.1, 0.15) is 55.4 Å². The predicted octanol–water partition coefficient (Wildman–Crippen LogP) is 4.01. The second-order valence-corrected chi connectivity index (χ2v) is 6.12. The summed E-state index contributed by atoms with van der Waals surface area (Å²) in [6.07, 6.45) is 0. The molecule has 128 valence electrons. The van der Waals surface area contributed by atoms with Gasteiger partial charge in [-0.05, 0) is 62.6 Å². The summed E-state index contributed by atoms with van der Waals surface area (Å²) in [6.45, 7) is 12.3. The maximum Gasteiger partial charge on any atom is 0.276 e. The number of amides is 1. The average Bonchev–Trinajstić information content (AvgIpc) is 2.58. The lowest BCUT2D eigenvalue weighted by Gasteiger charge is -2.22. The van der Waals surface area contributed by atoms with Crippen LogP contribution < -0.4 is 10.2 Å². The molecule has 0 aliphatic heterocycles. The Morgan fingerprint density at radius 3 is 2.33 bits per heavy atom. The summed E-state index contributed by atoms with van der Waals surface area (Å²) in [5.74, 6) is 0.0565. The van der Waals surface area contributed by atoms with Gasteiger partial charge in [-0.15, -0.1) is 5.10 Å². The van der Waals surface area contributed by atoms with Crippen molar-refractivity contribution in [3.63, 3.8) is 0 Å². The highest BCUT2D eigenvalue weighted by Gasteiger charge is 2.12. The van der Waals surface area contributed by atoms with E-state index in [0.29, 0.717) is 11.6 Å². The average molecular weight is 326 g/mol. The minimum absolute atomic E-state index is 0.239. The summed E-state index contributed by atoms with van der Waals surface area (Å²) >= 11 is 0. The molecule has 0 saturated heterocycles. The van der Waals surface area contributed by atoms with Crippen LogP contribution in [0.3, 0.4) is 0 Å². The maximum absolute atomic E-state index is 12.4. The smallest absolute Gasteiger partial charge is 0.276 e. The van der Waals surface area contributed by atoms with Gasteiger partial charge in [-0.25, -0.2) is 0 Å². The van der Waals surface area contributed by atoms with E-state index >= 15 is 0 Å². The first-order valence-corrected chi connectivity index (χ1v) is 8.46. The highest BCUT2D eigenvalue weighted by Crippen LogP contribution is 2.23. The van der Waals surface area contributed by atoms with E-state index < -0.39 is 0 Å². The van der Waals surface area contributed by atoms with Gasteiger partial charge in [-0.1, -0.05) is 13.8 Å². The van der Waals surface area contributed by atoms with Crippen molar-refractivity contribution < 1.29 is 4.79 Å². The molecular weight excluding hydrogens is 300 g/mol. The Hall–Kier alpha value is -2.43. The lowest BCUT2D eigenvalue weighted by molar-refractivity contribution is 0.102. The Kier molecular flexibility index (Phi) is 5.90. The van der Waals surface area contributed by atoms with E-state index in [-0.39, 0.29) is 5.91 Å². The van der Waals surface area contributed by atoms with Crippen molar-refractivity contribution >= 4 is 17.3 Å². The van der Waals surface area contributed by atoms with Gasteiger partial charge in [-0.3, -0.25) is 4.79 Å². The van der Waals surface area contributed by atoms with Crippen LogP contribution in [0.25, 0.3) is 0 Å². The lowest BCUT2D eigenvalue weighted by Crippen LogP contribution is -2.22. The number of hydrogen-bond acceptors (Lipinski definition) is 4. The molecule has 1 aromatic heterocycles. The Bertz CT molecular complexity index is 691. The molecular formula is C19H26N4O. The molecule has 2 rings (SSSR count). The number of hydrogen-bond donors (Lipinski definition) is 1. The first-order chi connectivity index (χ1) is 11.5. The van der Waals surface area contributed by atoms with E-state index in [0.717, 1.165) is 35.7 Å². The minimum atomic E-state index is -0.239. The first-order valence-electron chi connectivity index (χ1n) is 8.46. The fraction of sp³-hybridized carbons (Fsp3) is 0.421. The third kappa shape index (κ3) is 4.10. The summed E-state index contributed by atoms with van der Waals surface area (Å²) < 4.78 is 0. The summed E-state index contributed by atoms with van der Waals surface area (Å²) in [7, 11) is 0. The Morgan fingerprint density at radius 2 is 1.83 bits per heavy atom. The molecule has 5 heteroatoms. The van der Waals surface area contributed by atoms with E-state index in [1.165, 1.54) is 0 Å². The van der Waals surface area contributed by atoms with Gasteiger partial charge in [0.25, 0.3) is 5.91 Å². The molecule has 0 aliphatic carbocycles. The SMILES string of the molecule is CCN(CC)c1ccc(NC(=O)c2ccc(C(C)C)nn2)c(C)c1. The van der Waals surface area contributed by atoms with Gasteiger partial charge in [0.15, 0.2) is 5.69 Å². The van der Waals surface area contributed by atoms with Crippen LogP contribution in [-0.4, -0.2) is 29.2 Å². The summed E-state index contributed by atoms with van der Waals surface area (Å²) in [6, 6.07) is 9.64. The molecule has 0 unspecified atom stereocenters. The largest absolute Gasteiger partial charge is 0.372 e. The van der Waals surface area contributed by atoms with Gasteiger partial charge >= 0.3 is 0 Å². The molecule has 1 heterocycles. The minimum Gasteiger partial charge on any atom is -0.372 e. The number of carbonyl (C=O) groups excluding carboxylic acids is 1. The van der Waals surface area contributed by atoms with Crippen molar-refractivity contribution in [2.75, 3.05) is 23.3 Å². The van der Waals surface area contributed by atoms with E-state index in [1.807, 2.05) is 39.0 Å². The zero-order valence-electron chi connectivity index (χ0n) is 15.1. The third-order valence-electron chi connectivity index (χ3n) is 4.10. The van der Waals surface area contributed by atoms with Crippen molar-refractivity contribution in [1.29, 1.82) is 0 Å². The maximum atomic E-state index is 12.4. The van der Waals surface area contributed by atoms with E-state index in [2.05, 4.69) is 40.3 Å². The highest BCUT2D eigenvalue weighted by molar-refractivity contribution is 6.03. The van der Waals surface area contributed by atoms with E-state index in [4.69, 9.17) is 0 Å². The third-order valence-corrected chi connectivity index (χ3v) is 4.10.